The van der Waals surface area contributed by atoms with Crippen molar-refractivity contribution >= 4 is 0 Å². The lowest BCUT2D eigenvalue weighted by Gasteiger charge is -2.23. The molecule has 1 aliphatic rings. The number of hydrogen-bond acceptors (Lipinski definition) is 2. The Morgan fingerprint density at radius 1 is 1.06 bits per heavy atom. The summed E-state index contributed by atoms with van der Waals surface area (Å²) in [4.78, 5) is 0. The van der Waals surface area contributed by atoms with Crippen LogP contribution in [0.5, 0.6) is 0 Å². The zero-order chi connectivity index (χ0) is 13.2. The molecule has 18 heavy (non-hydrogen) atoms. The van der Waals surface area contributed by atoms with E-state index in [1.54, 1.807) is 0 Å². The highest BCUT2D eigenvalue weighted by atomic mass is 16.5. The van der Waals surface area contributed by atoms with Crippen LogP contribution in [0.4, 0.5) is 0 Å². The van der Waals surface area contributed by atoms with Crippen LogP contribution in [0.15, 0.2) is 0 Å². The Morgan fingerprint density at radius 3 is 2.28 bits per heavy atom. The van der Waals surface area contributed by atoms with E-state index >= 15 is 0 Å². The molecular formula is C16H33NO. The third-order valence-electron chi connectivity index (χ3n) is 4.20. The molecule has 1 N–H and O–H groups in total. The van der Waals surface area contributed by atoms with Gasteiger partial charge < -0.3 is 10.1 Å². The van der Waals surface area contributed by atoms with Crippen molar-refractivity contribution in [2.75, 3.05) is 7.05 Å². The van der Waals surface area contributed by atoms with Crippen molar-refractivity contribution in [3.05, 3.63) is 0 Å². The van der Waals surface area contributed by atoms with Crippen LogP contribution in [0, 0.1) is 0 Å². The van der Waals surface area contributed by atoms with Crippen LogP contribution in [-0.4, -0.2) is 25.3 Å². The summed E-state index contributed by atoms with van der Waals surface area (Å²) < 4.78 is 5.96. The summed E-state index contributed by atoms with van der Waals surface area (Å²) in [6, 6.07) is 0.575. The number of hydrogen-bond donors (Lipinski definition) is 1. The Bertz CT molecular complexity index is 196. The average molecular weight is 255 g/mol. The molecule has 1 heterocycles. The van der Waals surface area contributed by atoms with E-state index in [4.69, 9.17) is 4.74 Å². The first-order valence-electron chi connectivity index (χ1n) is 8.10. The van der Waals surface area contributed by atoms with Crippen molar-refractivity contribution in [3.8, 4) is 0 Å². The van der Waals surface area contributed by atoms with Crippen LogP contribution in [0.2, 0.25) is 0 Å². The summed E-state index contributed by atoms with van der Waals surface area (Å²) in [7, 11) is 2.08. The first-order chi connectivity index (χ1) is 8.77. The van der Waals surface area contributed by atoms with Crippen LogP contribution in [0.1, 0.15) is 78.1 Å². The molecule has 0 amide bonds. The van der Waals surface area contributed by atoms with Gasteiger partial charge in [0.25, 0.3) is 0 Å². The molecule has 1 rings (SSSR count). The first kappa shape index (κ1) is 16.0. The van der Waals surface area contributed by atoms with Crippen LogP contribution >= 0.6 is 0 Å². The van der Waals surface area contributed by atoms with Gasteiger partial charge in [-0.3, -0.25) is 0 Å². The Hall–Kier alpha value is -0.0800. The number of unbranched alkanes of at least 4 members (excludes halogenated alkanes) is 6. The summed E-state index contributed by atoms with van der Waals surface area (Å²) in [5.41, 5.74) is 0. The predicted molar refractivity (Wildman–Crippen MR) is 79.0 cm³/mol. The molecule has 0 aromatic heterocycles. The van der Waals surface area contributed by atoms with E-state index in [9.17, 15) is 0 Å². The quantitative estimate of drug-likeness (QED) is 0.588. The van der Waals surface area contributed by atoms with Gasteiger partial charge in [-0.05, 0) is 33.2 Å². The smallest absolute Gasteiger partial charge is 0.0732 e. The SMILES string of the molecule is CCCCCCCCCC(NC)C1CCC(C)O1. The summed E-state index contributed by atoms with van der Waals surface area (Å²) in [5.74, 6) is 0. The maximum atomic E-state index is 5.96. The molecule has 0 spiro atoms. The lowest BCUT2D eigenvalue weighted by Crippen LogP contribution is -2.37. The van der Waals surface area contributed by atoms with Crippen molar-refractivity contribution in [2.45, 2.75) is 96.3 Å². The molecule has 0 aromatic carbocycles. The van der Waals surface area contributed by atoms with Crippen molar-refractivity contribution in [3.63, 3.8) is 0 Å². The second-order valence-electron chi connectivity index (χ2n) is 5.87. The Kier molecular flexibility index (Phi) is 8.70. The van der Waals surface area contributed by atoms with Crippen molar-refractivity contribution in [1.82, 2.24) is 5.32 Å². The van der Waals surface area contributed by atoms with Gasteiger partial charge in [0.05, 0.1) is 12.2 Å². The predicted octanol–water partition coefficient (Wildman–Crippen LogP) is 4.28. The maximum absolute atomic E-state index is 5.96. The van der Waals surface area contributed by atoms with E-state index in [2.05, 4.69) is 26.2 Å². The van der Waals surface area contributed by atoms with Gasteiger partial charge in [0.1, 0.15) is 0 Å². The highest BCUT2D eigenvalue weighted by Gasteiger charge is 2.27. The van der Waals surface area contributed by atoms with Gasteiger partial charge in [-0.15, -0.1) is 0 Å². The van der Waals surface area contributed by atoms with E-state index in [0.717, 1.165) is 0 Å². The molecule has 108 valence electrons. The highest BCUT2D eigenvalue weighted by molar-refractivity contribution is 4.81. The van der Waals surface area contributed by atoms with Gasteiger partial charge >= 0.3 is 0 Å². The van der Waals surface area contributed by atoms with Crippen molar-refractivity contribution in [1.29, 1.82) is 0 Å². The van der Waals surface area contributed by atoms with Gasteiger partial charge in [0.15, 0.2) is 0 Å². The molecule has 1 aliphatic heterocycles. The number of rotatable bonds is 10. The van der Waals surface area contributed by atoms with Gasteiger partial charge in [0, 0.05) is 6.04 Å². The summed E-state index contributed by atoms with van der Waals surface area (Å²) in [6.45, 7) is 4.47. The molecule has 1 fully saturated rings. The molecule has 3 atom stereocenters. The largest absolute Gasteiger partial charge is 0.374 e. The Balaban J connectivity index is 2.02. The fraction of sp³-hybridized carbons (Fsp3) is 1.00. The second kappa shape index (κ2) is 9.80. The third kappa shape index (κ3) is 6.19. The molecule has 1 saturated heterocycles. The van der Waals surface area contributed by atoms with Crippen LogP contribution in [0.25, 0.3) is 0 Å². The highest BCUT2D eigenvalue weighted by Crippen LogP contribution is 2.24. The van der Waals surface area contributed by atoms with E-state index in [0.29, 0.717) is 18.2 Å². The summed E-state index contributed by atoms with van der Waals surface area (Å²) >= 11 is 0. The van der Waals surface area contributed by atoms with Crippen LogP contribution < -0.4 is 5.32 Å². The first-order valence-corrected chi connectivity index (χ1v) is 8.10. The maximum Gasteiger partial charge on any atom is 0.0732 e. The van der Waals surface area contributed by atoms with E-state index in [1.807, 2.05) is 0 Å². The molecule has 0 aromatic rings. The molecule has 0 aliphatic carbocycles. The minimum atomic E-state index is 0.463. The van der Waals surface area contributed by atoms with Gasteiger partial charge in [-0.25, -0.2) is 0 Å². The summed E-state index contributed by atoms with van der Waals surface area (Å²) in [5, 5.41) is 3.45. The molecule has 0 bridgehead atoms. The Labute approximate surface area is 114 Å². The zero-order valence-electron chi connectivity index (χ0n) is 12.7. The number of nitrogens with one attached hydrogen (secondary N) is 1. The lowest BCUT2D eigenvalue weighted by atomic mass is 10.00. The van der Waals surface area contributed by atoms with Crippen LogP contribution in [0.3, 0.4) is 0 Å². The average Bonchev–Trinajstić information content (AvgIpc) is 2.79. The van der Waals surface area contributed by atoms with Crippen molar-refractivity contribution < 1.29 is 4.74 Å². The standard InChI is InChI=1S/C16H33NO/c1-4-5-6-7-8-9-10-11-15(17-3)16-13-12-14(2)18-16/h14-17H,4-13H2,1-3H3. The van der Waals surface area contributed by atoms with Gasteiger partial charge in [-0.1, -0.05) is 51.9 Å². The monoisotopic (exact) mass is 255 g/mol. The topological polar surface area (TPSA) is 21.3 Å². The number of ether oxygens (including phenoxy) is 1. The molecule has 0 radical (unpaired) electrons. The summed E-state index contributed by atoms with van der Waals surface area (Å²) in [6.07, 6.45) is 14.5. The normalized spacial score (nSPS) is 25.5. The minimum absolute atomic E-state index is 0.463. The van der Waals surface area contributed by atoms with E-state index in [-0.39, 0.29) is 0 Å². The molecule has 0 saturated carbocycles. The lowest BCUT2D eigenvalue weighted by molar-refractivity contribution is 0.0312. The Morgan fingerprint density at radius 2 is 1.72 bits per heavy atom. The molecule has 2 heteroatoms. The van der Waals surface area contributed by atoms with E-state index in [1.165, 1.54) is 64.2 Å². The second-order valence-corrected chi connectivity index (χ2v) is 5.87. The number of likely N-dealkylation sites (N-methyl/N-ethyl adjacent to an activating group) is 1. The van der Waals surface area contributed by atoms with Crippen LogP contribution in [-0.2, 0) is 4.74 Å². The minimum Gasteiger partial charge on any atom is -0.374 e. The third-order valence-corrected chi connectivity index (χ3v) is 4.20. The van der Waals surface area contributed by atoms with Crippen molar-refractivity contribution in [2.24, 2.45) is 0 Å². The molecular weight excluding hydrogens is 222 g/mol. The fourth-order valence-electron chi connectivity index (χ4n) is 2.97. The fourth-order valence-corrected chi connectivity index (χ4v) is 2.97. The molecule has 2 nitrogen and oxygen atoms in total. The van der Waals surface area contributed by atoms with E-state index < -0.39 is 0 Å². The van der Waals surface area contributed by atoms with Gasteiger partial charge in [0.2, 0.25) is 0 Å². The van der Waals surface area contributed by atoms with Gasteiger partial charge in [-0.2, -0.15) is 0 Å². The molecule has 3 unspecified atom stereocenters. The zero-order valence-corrected chi connectivity index (χ0v) is 12.7.